The molecule has 1 aromatic heterocycles. The Balaban J connectivity index is 1.82. The van der Waals surface area contributed by atoms with E-state index in [9.17, 15) is 0 Å². The zero-order valence-electron chi connectivity index (χ0n) is 7.83. The van der Waals surface area contributed by atoms with Crippen LogP contribution in [-0.2, 0) is 0 Å². The smallest absolute Gasteiger partial charge is 0.222 e. The SMILES string of the molecule is Ic1cnc(NCC2CCCN2)nc1. The molecule has 0 aromatic carbocycles. The highest BCUT2D eigenvalue weighted by Crippen LogP contribution is 2.06. The van der Waals surface area contributed by atoms with E-state index in [1.807, 2.05) is 12.4 Å². The van der Waals surface area contributed by atoms with E-state index in [1.165, 1.54) is 12.8 Å². The van der Waals surface area contributed by atoms with E-state index in [4.69, 9.17) is 0 Å². The summed E-state index contributed by atoms with van der Waals surface area (Å²) in [5.41, 5.74) is 0. The minimum absolute atomic E-state index is 0.581. The normalized spacial score (nSPS) is 21.1. The van der Waals surface area contributed by atoms with Gasteiger partial charge in [0.05, 0.1) is 0 Å². The van der Waals surface area contributed by atoms with Crippen LogP contribution in [0.1, 0.15) is 12.8 Å². The lowest BCUT2D eigenvalue weighted by atomic mass is 10.2. The molecule has 1 aliphatic rings. The second-order valence-electron chi connectivity index (χ2n) is 3.40. The molecule has 0 saturated carbocycles. The van der Waals surface area contributed by atoms with E-state index in [0.29, 0.717) is 6.04 Å². The maximum absolute atomic E-state index is 4.18. The van der Waals surface area contributed by atoms with Crippen molar-refractivity contribution >= 4 is 28.5 Å². The summed E-state index contributed by atoms with van der Waals surface area (Å²) in [6.45, 7) is 2.06. The predicted octanol–water partition coefficient (Wildman–Crippen LogP) is 1.25. The highest BCUT2D eigenvalue weighted by atomic mass is 127. The molecule has 2 heterocycles. The van der Waals surface area contributed by atoms with Gasteiger partial charge in [-0.3, -0.25) is 0 Å². The molecular weight excluding hydrogens is 291 g/mol. The number of hydrogen-bond acceptors (Lipinski definition) is 4. The van der Waals surface area contributed by atoms with Crippen LogP contribution >= 0.6 is 22.6 Å². The van der Waals surface area contributed by atoms with Crippen LogP contribution in [0.25, 0.3) is 0 Å². The highest BCUT2D eigenvalue weighted by molar-refractivity contribution is 14.1. The summed E-state index contributed by atoms with van der Waals surface area (Å²) < 4.78 is 1.06. The molecule has 4 nitrogen and oxygen atoms in total. The van der Waals surface area contributed by atoms with Crippen LogP contribution in [0.5, 0.6) is 0 Å². The minimum Gasteiger partial charge on any atom is -0.353 e. The Kier molecular flexibility index (Phi) is 3.52. The summed E-state index contributed by atoms with van der Waals surface area (Å²) >= 11 is 2.20. The van der Waals surface area contributed by atoms with Crippen LogP contribution in [0.3, 0.4) is 0 Å². The van der Waals surface area contributed by atoms with Crippen LogP contribution in [0, 0.1) is 3.57 Å². The first-order chi connectivity index (χ1) is 6.84. The average Bonchev–Trinajstić information content (AvgIpc) is 2.70. The van der Waals surface area contributed by atoms with E-state index in [-0.39, 0.29) is 0 Å². The number of aromatic nitrogens is 2. The van der Waals surface area contributed by atoms with Gasteiger partial charge >= 0.3 is 0 Å². The van der Waals surface area contributed by atoms with Crippen LogP contribution in [0.15, 0.2) is 12.4 Å². The first kappa shape index (κ1) is 10.1. The Morgan fingerprint density at radius 1 is 1.50 bits per heavy atom. The van der Waals surface area contributed by atoms with Gasteiger partial charge in [-0.2, -0.15) is 0 Å². The van der Waals surface area contributed by atoms with Crippen molar-refractivity contribution in [1.29, 1.82) is 0 Å². The molecule has 2 rings (SSSR count). The highest BCUT2D eigenvalue weighted by Gasteiger charge is 2.13. The fourth-order valence-electron chi connectivity index (χ4n) is 1.55. The maximum atomic E-state index is 4.18. The number of rotatable bonds is 3. The van der Waals surface area contributed by atoms with E-state index in [0.717, 1.165) is 22.6 Å². The first-order valence-corrected chi connectivity index (χ1v) is 5.87. The molecule has 14 heavy (non-hydrogen) atoms. The fourth-order valence-corrected chi connectivity index (χ4v) is 1.83. The Bertz CT molecular complexity index is 281. The summed E-state index contributed by atoms with van der Waals surface area (Å²) in [6.07, 6.45) is 6.16. The molecule has 2 N–H and O–H groups in total. The van der Waals surface area contributed by atoms with Gasteiger partial charge in [-0.05, 0) is 42.0 Å². The van der Waals surface area contributed by atoms with Gasteiger partial charge in [0.1, 0.15) is 0 Å². The van der Waals surface area contributed by atoms with Crippen molar-refractivity contribution < 1.29 is 0 Å². The lowest BCUT2D eigenvalue weighted by Crippen LogP contribution is -2.29. The lowest BCUT2D eigenvalue weighted by molar-refractivity contribution is 0.631. The Hall–Kier alpha value is -0.430. The molecule has 1 saturated heterocycles. The third-order valence-corrected chi connectivity index (χ3v) is 2.85. The molecule has 0 aliphatic carbocycles. The summed E-state index contributed by atoms with van der Waals surface area (Å²) in [5, 5.41) is 6.64. The van der Waals surface area contributed by atoms with Gasteiger partial charge in [0.2, 0.25) is 5.95 Å². The topological polar surface area (TPSA) is 49.8 Å². The van der Waals surface area contributed by atoms with Crippen LogP contribution < -0.4 is 10.6 Å². The molecule has 0 bridgehead atoms. The zero-order chi connectivity index (χ0) is 9.80. The second-order valence-corrected chi connectivity index (χ2v) is 4.64. The van der Waals surface area contributed by atoms with Gasteiger partial charge in [-0.15, -0.1) is 0 Å². The van der Waals surface area contributed by atoms with Crippen molar-refractivity contribution in [1.82, 2.24) is 15.3 Å². The summed E-state index contributed by atoms with van der Waals surface area (Å²) in [6, 6.07) is 0.581. The molecule has 5 heteroatoms. The van der Waals surface area contributed by atoms with Gasteiger partial charge in [-0.25, -0.2) is 9.97 Å². The maximum Gasteiger partial charge on any atom is 0.222 e. The molecule has 76 valence electrons. The van der Waals surface area contributed by atoms with Crippen molar-refractivity contribution in [2.24, 2.45) is 0 Å². The number of nitrogens with one attached hydrogen (secondary N) is 2. The molecular formula is C9H13IN4. The molecule has 1 unspecified atom stereocenters. The second kappa shape index (κ2) is 4.88. The van der Waals surface area contributed by atoms with Crippen LogP contribution in [0.2, 0.25) is 0 Å². The average molecular weight is 304 g/mol. The van der Waals surface area contributed by atoms with Crippen molar-refractivity contribution in [3.05, 3.63) is 16.0 Å². The van der Waals surface area contributed by atoms with Crippen molar-refractivity contribution in [3.8, 4) is 0 Å². The Labute approximate surface area is 97.1 Å². The van der Waals surface area contributed by atoms with Crippen molar-refractivity contribution in [3.63, 3.8) is 0 Å². The number of anilines is 1. The molecule has 1 aromatic rings. The van der Waals surface area contributed by atoms with E-state index in [1.54, 1.807) is 0 Å². The number of nitrogens with zero attached hydrogens (tertiary/aromatic N) is 2. The van der Waals surface area contributed by atoms with E-state index >= 15 is 0 Å². The first-order valence-electron chi connectivity index (χ1n) is 4.79. The third-order valence-electron chi connectivity index (χ3n) is 2.29. The Morgan fingerprint density at radius 2 is 2.29 bits per heavy atom. The summed E-state index contributed by atoms with van der Waals surface area (Å²) in [4.78, 5) is 8.36. The molecule has 0 radical (unpaired) electrons. The van der Waals surface area contributed by atoms with E-state index < -0.39 is 0 Å². The van der Waals surface area contributed by atoms with Gasteiger partial charge in [-0.1, -0.05) is 0 Å². The number of halogens is 1. The molecule has 1 fully saturated rings. The standard InChI is InChI=1S/C9H13IN4/c10-7-4-12-9(13-5-7)14-6-8-2-1-3-11-8/h4-5,8,11H,1-3,6H2,(H,12,13,14). The van der Waals surface area contributed by atoms with Gasteiger partial charge in [0.15, 0.2) is 0 Å². The minimum atomic E-state index is 0.581. The molecule has 1 aliphatic heterocycles. The quantitative estimate of drug-likeness (QED) is 0.825. The lowest BCUT2D eigenvalue weighted by Gasteiger charge is -2.10. The van der Waals surface area contributed by atoms with Crippen molar-refractivity contribution in [2.75, 3.05) is 18.4 Å². The zero-order valence-corrected chi connectivity index (χ0v) is 9.99. The summed E-state index contributed by atoms with van der Waals surface area (Å²) in [7, 11) is 0. The van der Waals surface area contributed by atoms with Crippen LogP contribution in [-0.4, -0.2) is 29.1 Å². The summed E-state index contributed by atoms with van der Waals surface area (Å²) in [5.74, 6) is 0.721. The largest absolute Gasteiger partial charge is 0.353 e. The van der Waals surface area contributed by atoms with Gasteiger partial charge < -0.3 is 10.6 Å². The monoisotopic (exact) mass is 304 g/mol. The van der Waals surface area contributed by atoms with E-state index in [2.05, 4.69) is 43.2 Å². The molecule has 0 amide bonds. The third kappa shape index (κ3) is 2.78. The van der Waals surface area contributed by atoms with Crippen LogP contribution in [0.4, 0.5) is 5.95 Å². The van der Waals surface area contributed by atoms with Gasteiger partial charge in [0, 0.05) is 28.6 Å². The van der Waals surface area contributed by atoms with Crippen molar-refractivity contribution in [2.45, 2.75) is 18.9 Å². The van der Waals surface area contributed by atoms with Gasteiger partial charge in [0.25, 0.3) is 0 Å². The fraction of sp³-hybridized carbons (Fsp3) is 0.556. The Morgan fingerprint density at radius 3 is 2.93 bits per heavy atom. The molecule has 0 spiro atoms. The number of hydrogen-bond donors (Lipinski definition) is 2. The molecule has 1 atom stereocenters. The predicted molar refractivity (Wildman–Crippen MR) is 64.3 cm³/mol.